The minimum Gasteiger partial charge on any atom is -0.394 e. The van der Waals surface area contributed by atoms with E-state index in [0.717, 1.165) is 11.1 Å². The third kappa shape index (κ3) is 2.85. The van der Waals surface area contributed by atoms with Crippen LogP contribution in [0.15, 0.2) is 18.2 Å². The number of benzene rings is 1. The largest absolute Gasteiger partial charge is 0.394 e. The summed E-state index contributed by atoms with van der Waals surface area (Å²) < 4.78 is 0. The highest BCUT2D eigenvalue weighted by molar-refractivity contribution is 6.31. The molecule has 0 aromatic heterocycles. The predicted molar refractivity (Wildman–Crippen MR) is 57.5 cm³/mol. The van der Waals surface area contributed by atoms with Gasteiger partial charge in [-0.05, 0) is 24.1 Å². The number of rotatable bonds is 2. The van der Waals surface area contributed by atoms with Crippen molar-refractivity contribution in [2.24, 2.45) is 5.73 Å². The van der Waals surface area contributed by atoms with Gasteiger partial charge in [-0.15, -0.1) is 12.4 Å². The fourth-order valence-corrected chi connectivity index (χ4v) is 1.57. The van der Waals surface area contributed by atoms with Gasteiger partial charge in [0.05, 0.1) is 12.6 Å². The molecule has 4 heteroatoms. The Morgan fingerprint density at radius 1 is 1.54 bits per heavy atom. The first kappa shape index (κ1) is 12.7. The lowest BCUT2D eigenvalue weighted by Gasteiger charge is -2.13. The molecular formula is C9H13Cl2NO. The van der Waals surface area contributed by atoms with Crippen molar-refractivity contribution >= 4 is 24.0 Å². The maximum absolute atomic E-state index is 8.85. The molecular weight excluding hydrogens is 209 g/mol. The van der Waals surface area contributed by atoms with Gasteiger partial charge in [0.25, 0.3) is 0 Å². The van der Waals surface area contributed by atoms with Gasteiger partial charge in [-0.25, -0.2) is 0 Å². The second kappa shape index (κ2) is 5.45. The molecule has 1 aromatic rings. The van der Waals surface area contributed by atoms with Crippen molar-refractivity contribution in [1.29, 1.82) is 0 Å². The summed E-state index contributed by atoms with van der Waals surface area (Å²) in [4.78, 5) is 0. The van der Waals surface area contributed by atoms with E-state index in [1.54, 1.807) is 6.07 Å². The van der Waals surface area contributed by atoms with E-state index in [1.807, 2.05) is 19.1 Å². The summed E-state index contributed by atoms with van der Waals surface area (Å²) in [5.41, 5.74) is 7.51. The Morgan fingerprint density at radius 2 is 2.15 bits per heavy atom. The summed E-state index contributed by atoms with van der Waals surface area (Å²) in [7, 11) is 0. The number of nitrogens with two attached hydrogens (primary N) is 1. The molecule has 0 spiro atoms. The molecule has 0 fully saturated rings. The fraction of sp³-hybridized carbons (Fsp3) is 0.333. The van der Waals surface area contributed by atoms with Gasteiger partial charge in [-0.2, -0.15) is 0 Å². The van der Waals surface area contributed by atoms with Crippen LogP contribution in [0.2, 0.25) is 5.02 Å². The number of hydrogen-bond donors (Lipinski definition) is 2. The maximum Gasteiger partial charge on any atom is 0.0625 e. The molecule has 0 aliphatic heterocycles. The predicted octanol–water partition coefficient (Wildman–Crippen LogP) is 2.06. The number of halogens is 2. The minimum atomic E-state index is -0.376. The van der Waals surface area contributed by atoms with Gasteiger partial charge in [-0.3, -0.25) is 0 Å². The van der Waals surface area contributed by atoms with Gasteiger partial charge in [0.2, 0.25) is 0 Å². The quantitative estimate of drug-likeness (QED) is 0.804. The molecule has 0 amide bonds. The Balaban J connectivity index is 0.00000144. The standard InChI is InChI=1S/C9H12ClNO.ClH/c1-6-3-2-4-7(10)9(6)8(11)5-12;/h2-4,8,12H,5,11H2,1H3;1H/t8-;/m1./s1. The first-order chi connectivity index (χ1) is 5.66. The second-order valence-corrected chi connectivity index (χ2v) is 3.17. The van der Waals surface area contributed by atoms with Crippen LogP contribution in [0.3, 0.4) is 0 Å². The zero-order valence-corrected chi connectivity index (χ0v) is 8.90. The first-order valence-corrected chi connectivity index (χ1v) is 4.16. The van der Waals surface area contributed by atoms with Crippen LogP contribution < -0.4 is 5.73 Å². The third-order valence-corrected chi connectivity index (χ3v) is 2.17. The monoisotopic (exact) mass is 221 g/mol. The van der Waals surface area contributed by atoms with Gasteiger partial charge in [0.15, 0.2) is 0 Å². The Bertz CT molecular complexity index is 258. The summed E-state index contributed by atoms with van der Waals surface area (Å²) in [6.45, 7) is 1.85. The van der Waals surface area contributed by atoms with E-state index in [4.69, 9.17) is 22.4 Å². The van der Waals surface area contributed by atoms with Crippen LogP contribution >= 0.6 is 24.0 Å². The van der Waals surface area contributed by atoms with Crippen LogP contribution in [-0.4, -0.2) is 11.7 Å². The number of aliphatic hydroxyl groups is 1. The van der Waals surface area contributed by atoms with Crippen LogP contribution in [0.1, 0.15) is 17.2 Å². The number of aryl methyl sites for hydroxylation is 1. The van der Waals surface area contributed by atoms with Crippen LogP contribution in [-0.2, 0) is 0 Å². The van der Waals surface area contributed by atoms with Crippen molar-refractivity contribution in [1.82, 2.24) is 0 Å². The van der Waals surface area contributed by atoms with E-state index in [2.05, 4.69) is 0 Å². The summed E-state index contributed by atoms with van der Waals surface area (Å²) >= 11 is 5.91. The average Bonchev–Trinajstić information content (AvgIpc) is 2.03. The van der Waals surface area contributed by atoms with E-state index in [9.17, 15) is 0 Å². The van der Waals surface area contributed by atoms with E-state index in [1.165, 1.54) is 0 Å². The smallest absolute Gasteiger partial charge is 0.0625 e. The van der Waals surface area contributed by atoms with Gasteiger partial charge in [0.1, 0.15) is 0 Å². The molecule has 1 rings (SSSR count). The van der Waals surface area contributed by atoms with E-state index in [0.29, 0.717) is 5.02 Å². The van der Waals surface area contributed by atoms with Gasteiger partial charge in [0, 0.05) is 5.02 Å². The first-order valence-electron chi connectivity index (χ1n) is 3.78. The molecule has 0 saturated heterocycles. The van der Waals surface area contributed by atoms with Crippen molar-refractivity contribution in [3.63, 3.8) is 0 Å². The Kier molecular flexibility index (Phi) is 5.33. The van der Waals surface area contributed by atoms with Crippen molar-refractivity contribution in [2.75, 3.05) is 6.61 Å². The highest BCUT2D eigenvalue weighted by atomic mass is 35.5. The molecule has 3 N–H and O–H groups in total. The normalized spacial score (nSPS) is 12.0. The van der Waals surface area contributed by atoms with Crippen molar-refractivity contribution in [2.45, 2.75) is 13.0 Å². The molecule has 1 aromatic carbocycles. The summed E-state index contributed by atoms with van der Waals surface area (Å²) in [5.74, 6) is 0. The summed E-state index contributed by atoms with van der Waals surface area (Å²) in [6, 6.07) is 5.19. The zero-order chi connectivity index (χ0) is 9.14. The average molecular weight is 222 g/mol. The van der Waals surface area contributed by atoms with Crippen molar-refractivity contribution < 1.29 is 5.11 Å². The van der Waals surface area contributed by atoms with Crippen LogP contribution in [0.5, 0.6) is 0 Å². The molecule has 0 aliphatic carbocycles. The SMILES string of the molecule is Cc1cccc(Cl)c1[C@H](N)CO.Cl. The number of aliphatic hydroxyl groups excluding tert-OH is 1. The van der Waals surface area contributed by atoms with Crippen LogP contribution in [0.4, 0.5) is 0 Å². The van der Waals surface area contributed by atoms with E-state index < -0.39 is 0 Å². The van der Waals surface area contributed by atoms with Crippen molar-refractivity contribution in [3.05, 3.63) is 34.3 Å². The minimum absolute atomic E-state index is 0. The van der Waals surface area contributed by atoms with Gasteiger partial charge in [-0.1, -0.05) is 23.7 Å². The molecule has 2 nitrogen and oxygen atoms in total. The van der Waals surface area contributed by atoms with Crippen LogP contribution in [0, 0.1) is 6.92 Å². The topological polar surface area (TPSA) is 46.2 Å². The summed E-state index contributed by atoms with van der Waals surface area (Å²) in [5, 5.41) is 9.48. The fourth-order valence-electron chi connectivity index (χ4n) is 1.21. The van der Waals surface area contributed by atoms with E-state index >= 15 is 0 Å². The lowest BCUT2D eigenvalue weighted by atomic mass is 10.0. The molecule has 0 aliphatic rings. The lowest BCUT2D eigenvalue weighted by molar-refractivity contribution is 0.267. The van der Waals surface area contributed by atoms with Crippen LogP contribution in [0.25, 0.3) is 0 Å². The molecule has 0 bridgehead atoms. The lowest BCUT2D eigenvalue weighted by Crippen LogP contribution is -2.16. The molecule has 0 radical (unpaired) electrons. The molecule has 74 valence electrons. The number of hydrogen-bond acceptors (Lipinski definition) is 2. The third-order valence-electron chi connectivity index (χ3n) is 1.84. The Morgan fingerprint density at radius 3 is 2.62 bits per heavy atom. The molecule has 0 saturated carbocycles. The molecule has 1 atom stereocenters. The Labute approximate surface area is 89.1 Å². The molecule has 13 heavy (non-hydrogen) atoms. The zero-order valence-electron chi connectivity index (χ0n) is 7.33. The Hall–Kier alpha value is -0.280. The van der Waals surface area contributed by atoms with Gasteiger partial charge < -0.3 is 10.8 Å². The molecule has 0 unspecified atom stereocenters. The second-order valence-electron chi connectivity index (χ2n) is 2.76. The van der Waals surface area contributed by atoms with Gasteiger partial charge >= 0.3 is 0 Å². The highest BCUT2D eigenvalue weighted by Crippen LogP contribution is 2.24. The van der Waals surface area contributed by atoms with E-state index in [-0.39, 0.29) is 25.1 Å². The highest BCUT2D eigenvalue weighted by Gasteiger charge is 2.10. The van der Waals surface area contributed by atoms with Crippen molar-refractivity contribution in [3.8, 4) is 0 Å². The molecule has 0 heterocycles. The maximum atomic E-state index is 8.85. The summed E-state index contributed by atoms with van der Waals surface area (Å²) in [6.07, 6.45) is 0.